The highest BCUT2D eigenvalue weighted by Gasteiger charge is 2.29. The van der Waals surface area contributed by atoms with E-state index < -0.39 is 0 Å². The van der Waals surface area contributed by atoms with Gasteiger partial charge >= 0.3 is 0 Å². The van der Waals surface area contributed by atoms with E-state index in [2.05, 4.69) is 23.2 Å². The molecule has 1 fully saturated rings. The lowest BCUT2D eigenvalue weighted by molar-refractivity contribution is 0.358. The predicted octanol–water partition coefficient (Wildman–Crippen LogP) is 3.92. The van der Waals surface area contributed by atoms with Gasteiger partial charge in [-0.15, -0.1) is 0 Å². The SMILES string of the molecule is Cc1c(Cl)nc(C2CC2)nc1-c1cccc2c1OCC2. The fourth-order valence-corrected chi connectivity index (χ4v) is 2.87. The van der Waals surface area contributed by atoms with Crippen molar-refractivity contribution in [2.24, 2.45) is 0 Å². The summed E-state index contributed by atoms with van der Waals surface area (Å²) in [5.41, 5.74) is 4.15. The van der Waals surface area contributed by atoms with Crippen LogP contribution < -0.4 is 4.74 Å². The fourth-order valence-electron chi connectivity index (χ4n) is 2.69. The van der Waals surface area contributed by atoms with Crippen LogP contribution in [0.25, 0.3) is 11.3 Å². The van der Waals surface area contributed by atoms with E-state index in [9.17, 15) is 0 Å². The topological polar surface area (TPSA) is 35.0 Å². The number of rotatable bonds is 2. The lowest BCUT2D eigenvalue weighted by Gasteiger charge is -2.12. The molecule has 0 spiro atoms. The molecule has 1 aromatic heterocycles. The number of benzene rings is 1. The third-order valence-corrected chi connectivity index (χ3v) is 4.38. The van der Waals surface area contributed by atoms with E-state index in [4.69, 9.17) is 21.3 Å². The number of halogens is 1. The van der Waals surface area contributed by atoms with Crippen molar-refractivity contribution < 1.29 is 4.74 Å². The van der Waals surface area contributed by atoms with Crippen LogP contribution in [0.5, 0.6) is 5.75 Å². The van der Waals surface area contributed by atoms with E-state index in [0.717, 1.165) is 41.4 Å². The molecule has 4 heteroatoms. The van der Waals surface area contributed by atoms with Gasteiger partial charge in [0, 0.05) is 23.5 Å². The van der Waals surface area contributed by atoms with Crippen molar-refractivity contribution in [1.82, 2.24) is 9.97 Å². The molecule has 20 heavy (non-hydrogen) atoms. The average Bonchev–Trinajstić information content (AvgIpc) is 3.19. The Labute approximate surface area is 123 Å². The molecule has 3 nitrogen and oxygen atoms in total. The van der Waals surface area contributed by atoms with Crippen LogP contribution in [0.3, 0.4) is 0 Å². The van der Waals surface area contributed by atoms with Crippen LogP contribution in [-0.2, 0) is 6.42 Å². The molecule has 1 aromatic carbocycles. The van der Waals surface area contributed by atoms with Gasteiger partial charge in [0.25, 0.3) is 0 Å². The second kappa shape index (κ2) is 4.45. The number of hydrogen-bond acceptors (Lipinski definition) is 3. The van der Waals surface area contributed by atoms with Crippen LogP contribution in [-0.4, -0.2) is 16.6 Å². The number of hydrogen-bond donors (Lipinski definition) is 0. The highest BCUT2D eigenvalue weighted by Crippen LogP contribution is 2.42. The largest absolute Gasteiger partial charge is 0.492 e. The van der Waals surface area contributed by atoms with Crippen molar-refractivity contribution >= 4 is 11.6 Å². The third-order valence-electron chi connectivity index (χ3n) is 4.02. The maximum atomic E-state index is 6.30. The first-order chi connectivity index (χ1) is 9.74. The van der Waals surface area contributed by atoms with Crippen molar-refractivity contribution in [2.75, 3.05) is 6.61 Å². The van der Waals surface area contributed by atoms with Crippen LogP contribution in [0.1, 0.15) is 35.7 Å². The first-order valence-electron chi connectivity index (χ1n) is 7.03. The smallest absolute Gasteiger partial charge is 0.136 e. The Kier molecular flexibility index (Phi) is 2.71. The lowest BCUT2D eigenvalue weighted by Crippen LogP contribution is -2.00. The molecule has 0 N–H and O–H groups in total. The molecule has 4 rings (SSSR count). The Morgan fingerprint density at radius 1 is 1.25 bits per heavy atom. The Morgan fingerprint density at radius 3 is 2.90 bits per heavy atom. The summed E-state index contributed by atoms with van der Waals surface area (Å²) in [4.78, 5) is 9.20. The Bertz CT molecular complexity index is 695. The van der Waals surface area contributed by atoms with Crippen molar-refractivity contribution in [3.8, 4) is 17.0 Å². The Morgan fingerprint density at radius 2 is 2.10 bits per heavy atom. The molecule has 0 radical (unpaired) electrons. The molecular formula is C16H15ClN2O. The minimum atomic E-state index is 0.490. The number of para-hydroxylation sites is 1. The standard InChI is InChI=1S/C16H15ClN2O/c1-9-13(18-16(11-5-6-11)19-15(9)17)12-4-2-3-10-7-8-20-14(10)12/h2-4,11H,5-8H2,1H3. The van der Waals surface area contributed by atoms with E-state index >= 15 is 0 Å². The van der Waals surface area contributed by atoms with E-state index in [1.165, 1.54) is 18.4 Å². The number of ether oxygens (including phenoxy) is 1. The summed E-state index contributed by atoms with van der Waals surface area (Å²) in [6.07, 6.45) is 3.31. The highest BCUT2D eigenvalue weighted by molar-refractivity contribution is 6.30. The van der Waals surface area contributed by atoms with Crippen LogP contribution in [0.15, 0.2) is 18.2 Å². The van der Waals surface area contributed by atoms with Crippen LogP contribution in [0.2, 0.25) is 5.15 Å². The maximum Gasteiger partial charge on any atom is 0.136 e. The molecular weight excluding hydrogens is 272 g/mol. The summed E-state index contributed by atoms with van der Waals surface area (Å²) in [6, 6.07) is 6.24. The van der Waals surface area contributed by atoms with Crippen molar-refractivity contribution in [1.29, 1.82) is 0 Å². The number of fused-ring (bicyclic) bond motifs is 1. The molecule has 2 aliphatic rings. The van der Waals surface area contributed by atoms with Gasteiger partial charge in [-0.05, 0) is 31.4 Å². The van der Waals surface area contributed by atoms with Gasteiger partial charge in [-0.2, -0.15) is 0 Å². The van der Waals surface area contributed by atoms with Crippen molar-refractivity contribution in [3.05, 3.63) is 40.3 Å². The van der Waals surface area contributed by atoms with E-state index in [1.807, 2.05) is 6.92 Å². The second-order valence-corrected chi connectivity index (χ2v) is 5.87. The van der Waals surface area contributed by atoms with Gasteiger partial charge in [0.15, 0.2) is 0 Å². The Hall–Kier alpha value is -1.61. The molecule has 1 aliphatic heterocycles. The molecule has 1 saturated carbocycles. The molecule has 2 aromatic rings. The summed E-state index contributed by atoms with van der Waals surface area (Å²) >= 11 is 6.30. The van der Waals surface area contributed by atoms with Crippen LogP contribution >= 0.6 is 11.6 Å². The highest BCUT2D eigenvalue weighted by atomic mass is 35.5. The van der Waals surface area contributed by atoms with E-state index in [-0.39, 0.29) is 0 Å². The van der Waals surface area contributed by atoms with Gasteiger partial charge < -0.3 is 4.74 Å². The third kappa shape index (κ3) is 1.88. The molecule has 2 heterocycles. The first-order valence-corrected chi connectivity index (χ1v) is 7.41. The molecule has 0 atom stereocenters. The zero-order chi connectivity index (χ0) is 13.7. The summed E-state index contributed by atoms with van der Waals surface area (Å²) in [5.74, 6) is 2.34. The molecule has 0 bridgehead atoms. The average molecular weight is 287 g/mol. The lowest BCUT2D eigenvalue weighted by atomic mass is 10.0. The van der Waals surface area contributed by atoms with E-state index in [1.54, 1.807) is 0 Å². The molecule has 0 amide bonds. The Balaban J connectivity index is 1.92. The van der Waals surface area contributed by atoms with Gasteiger partial charge in [-0.1, -0.05) is 23.7 Å². The minimum absolute atomic E-state index is 0.490. The van der Waals surface area contributed by atoms with Crippen LogP contribution in [0, 0.1) is 6.92 Å². The van der Waals surface area contributed by atoms with Gasteiger partial charge in [0.2, 0.25) is 0 Å². The summed E-state index contributed by atoms with van der Waals surface area (Å²) in [6.45, 7) is 2.72. The summed E-state index contributed by atoms with van der Waals surface area (Å²) in [5, 5.41) is 0.563. The monoisotopic (exact) mass is 286 g/mol. The minimum Gasteiger partial charge on any atom is -0.492 e. The zero-order valence-electron chi connectivity index (χ0n) is 11.3. The van der Waals surface area contributed by atoms with Gasteiger partial charge in [0.1, 0.15) is 16.7 Å². The first kappa shape index (κ1) is 12.2. The maximum absolute atomic E-state index is 6.30. The fraction of sp³-hybridized carbons (Fsp3) is 0.375. The summed E-state index contributed by atoms with van der Waals surface area (Å²) < 4.78 is 5.79. The van der Waals surface area contributed by atoms with E-state index in [0.29, 0.717) is 11.1 Å². The zero-order valence-corrected chi connectivity index (χ0v) is 12.1. The predicted molar refractivity (Wildman–Crippen MR) is 78.4 cm³/mol. The second-order valence-electron chi connectivity index (χ2n) is 5.51. The molecule has 1 aliphatic carbocycles. The normalized spacial score (nSPS) is 16.9. The van der Waals surface area contributed by atoms with Crippen molar-refractivity contribution in [2.45, 2.75) is 32.1 Å². The molecule has 0 saturated heterocycles. The molecule has 0 unspecified atom stereocenters. The number of aromatic nitrogens is 2. The molecule has 102 valence electrons. The van der Waals surface area contributed by atoms with Gasteiger partial charge in [-0.3, -0.25) is 0 Å². The van der Waals surface area contributed by atoms with Gasteiger partial charge in [-0.25, -0.2) is 9.97 Å². The van der Waals surface area contributed by atoms with Gasteiger partial charge in [0.05, 0.1) is 12.3 Å². The quantitative estimate of drug-likeness (QED) is 0.785. The van der Waals surface area contributed by atoms with Crippen molar-refractivity contribution in [3.63, 3.8) is 0 Å². The summed E-state index contributed by atoms with van der Waals surface area (Å²) in [7, 11) is 0. The number of nitrogens with zero attached hydrogens (tertiary/aromatic N) is 2. The van der Waals surface area contributed by atoms with Crippen LogP contribution in [0.4, 0.5) is 0 Å².